The Labute approximate surface area is 88.9 Å². The Balaban J connectivity index is 2.32. The van der Waals surface area contributed by atoms with Crippen LogP contribution in [0.15, 0.2) is 12.4 Å². The van der Waals surface area contributed by atoms with Crippen molar-refractivity contribution in [2.24, 2.45) is 0 Å². The van der Waals surface area contributed by atoms with Crippen molar-refractivity contribution in [2.75, 3.05) is 14.2 Å². The van der Waals surface area contributed by atoms with Gasteiger partial charge in [0.15, 0.2) is 0 Å². The molecule has 82 valence electrons. The predicted octanol–water partition coefficient (Wildman–Crippen LogP) is 1.17. The standard InChI is InChI=1S/C11H15NO3/c1-14-9-6-12-7-10(15-2)8(9)5-11(13)3-4-11/h6-7,13H,3-5H2,1-2H3. The molecule has 0 bridgehead atoms. The third kappa shape index (κ3) is 2.04. The third-order valence-corrected chi connectivity index (χ3v) is 2.75. The van der Waals surface area contributed by atoms with Crippen molar-refractivity contribution in [1.29, 1.82) is 0 Å². The number of ether oxygens (including phenoxy) is 2. The summed E-state index contributed by atoms with van der Waals surface area (Å²) < 4.78 is 10.4. The number of aromatic nitrogens is 1. The molecule has 0 aliphatic heterocycles. The first-order chi connectivity index (χ1) is 7.18. The van der Waals surface area contributed by atoms with Crippen molar-refractivity contribution in [2.45, 2.75) is 24.9 Å². The summed E-state index contributed by atoms with van der Waals surface area (Å²) in [4.78, 5) is 4.01. The summed E-state index contributed by atoms with van der Waals surface area (Å²) in [5.41, 5.74) is 0.344. The Kier molecular flexibility index (Phi) is 2.52. The first-order valence-corrected chi connectivity index (χ1v) is 4.96. The molecule has 1 saturated carbocycles. The van der Waals surface area contributed by atoms with Crippen molar-refractivity contribution in [1.82, 2.24) is 4.98 Å². The van der Waals surface area contributed by atoms with E-state index in [0.717, 1.165) is 18.4 Å². The van der Waals surface area contributed by atoms with Crippen LogP contribution in [0.2, 0.25) is 0 Å². The van der Waals surface area contributed by atoms with E-state index in [1.165, 1.54) is 0 Å². The molecular formula is C11H15NO3. The maximum absolute atomic E-state index is 9.89. The molecule has 1 aromatic heterocycles. The average Bonchev–Trinajstić information content (AvgIpc) is 2.96. The monoisotopic (exact) mass is 209 g/mol. The summed E-state index contributed by atoms with van der Waals surface area (Å²) in [5, 5.41) is 9.89. The number of rotatable bonds is 4. The Bertz CT molecular complexity index is 339. The molecule has 1 N–H and O–H groups in total. The van der Waals surface area contributed by atoms with Crippen LogP contribution in [0.4, 0.5) is 0 Å². The molecular weight excluding hydrogens is 194 g/mol. The fraction of sp³-hybridized carbons (Fsp3) is 0.545. The number of hydrogen-bond donors (Lipinski definition) is 1. The van der Waals surface area contributed by atoms with Gasteiger partial charge in [-0.2, -0.15) is 0 Å². The van der Waals surface area contributed by atoms with Crippen molar-refractivity contribution in [3.8, 4) is 11.5 Å². The van der Waals surface area contributed by atoms with Gasteiger partial charge >= 0.3 is 0 Å². The lowest BCUT2D eigenvalue weighted by Gasteiger charge is -2.14. The molecule has 0 spiro atoms. The number of pyridine rings is 1. The fourth-order valence-corrected chi connectivity index (χ4v) is 1.63. The lowest BCUT2D eigenvalue weighted by Crippen LogP contribution is -2.12. The molecule has 0 radical (unpaired) electrons. The van der Waals surface area contributed by atoms with Gasteiger partial charge in [0.2, 0.25) is 0 Å². The fourth-order valence-electron chi connectivity index (χ4n) is 1.63. The highest BCUT2D eigenvalue weighted by molar-refractivity contribution is 5.43. The van der Waals surface area contributed by atoms with E-state index < -0.39 is 5.60 Å². The zero-order valence-electron chi connectivity index (χ0n) is 8.99. The first kappa shape index (κ1) is 10.2. The molecule has 1 heterocycles. The van der Waals surface area contributed by atoms with Gasteiger partial charge in [-0.05, 0) is 12.8 Å². The van der Waals surface area contributed by atoms with Crippen molar-refractivity contribution in [3.05, 3.63) is 18.0 Å². The van der Waals surface area contributed by atoms with E-state index >= 15 is 0 Å². The molecule has 0 atom stereocenters. The van der Waals surface area contributed by atoms with Crippen LogP contribution in [0.5, 0.6) is 11.5 Å². The summed E-state index contributed by atoms with van der Waals surface area (Å²) in [6, 6.07) is 0. The van der Waals surface area contributed by atoms with Crippen molar-refractivity contribution < 1.29 is 14.6 Å². The van der Waals surface area contributed by atoms with Crippen LogP contribution in [-0.4, -0.2) is 29.9 Å². The smallest absolute Gasteiger partial charge is 0.144 e. The van der Waals surface area contributed by atoms with Crippen LogP contribution in [0.25, 0.3) is 0 Å². The van der Waals surface area contributed by atoms with E-state index in [0.29, 0.717) is 17.9 Å². The lowest BCUT2D eigenvalue weighted by atomic mass is 10.1. The number of hydrogen-bond acceptors (Lipinski definition) is 4. The zero-order valence-corrected chi connectivity index (χ0v) is 8.99. The second kappa shape index (κ2) is 3.70. The highest BCUT2D eigenvalue weighted by atomic mass is 16.5. The minimum absolute atomic E-state index is 0.554. The maximum Gasteiger partial charge on any atom is 0.144 e. The summed E-state index contributed by atoms with van der Waals surface area (Å²) in [7, 11) is 3.19. The highest BCUT2D eigenvalue weighted by Crippen LogP contribution is 2.42. The third-order valence-electron chi connectivity index (χ3n) is 2.75. The average molecular weight is 209 g/mol. The quantitative estimate of drug-likeness (QED) is 0.808. The van der Waals surface area contributed by atoms with Gasteiger partial charge in [0.1, 0.15) is 11.5 Å². The molecule has 0 aromatic carbocycles. The highest BCUT2D eigenvalue weighted by Gasteiger charge is 2.41. The van der Waals surface area contributed by atoms with E-state index in [-0.39, 0.29) is 0 Å². The normalized spacial score (nSPS) is 17.3. The molecule has 1 aliphatic carbocycles. The van der Waals surface area contributed by atoms with E-state index in [1.807, 2.05) is 0 Å². The van der Waals surface area contributed by atoms with Gasteiger partial charge in [0.25, 0.3) is 0 Å². The van der Waals surface area contributed by atoms with Crippen molar-refractivity contribution >= 4 is 0 Å². The minimum Gasteiger partial charge on any atom is -0.495 e. The lowest BCUT2D eigenvalue weighted by molar-refractivity contribution is 0.148. The van der Waals surface area contributed by atoms with Gasteiger partial charge in [-0.25, -0.2) is 0 Å². The summed E-state index contributed by atoms with van der Waals surface area (Å²) in [6.45, 7) is 0. The zero-order chi connectivity index (χ0) is 10.9. The van der Waals surface area contributed by atoms with Gasteiger partial charge in [-0.15, -0.1) is 0 Å². The van der Waals surface area contributed by atoms with Gasteiger partial charge < -0.3 is 14.6 Å². The first-order valence-electron chi connectivity index (χ1n) is 4.96. The van der Waals surface area contributed by atoms with Gasteiger partial charge in [0.05, 0.1) is 32.2 Å². The van der Waals surface area contributed by atoms with Gasteiger partial charge in [-0.1, -0.05) is 0 Å². The van der Waals surface area contributed by atoms with Crippen LogP contribution in [0.3, 0.4) is 0 Å². The summed E-state index contributed by atoms with van der Waals surface area (Å²) in [6.07, 6.45) is 5.55. The molecule has 4 heteroatoms. The van der Waals surface area contributed by atoms with Crippen LogP contribution in [0, 0.1) is 0 Å². The second-order valence-corrected chi connectivity index (χ2v) is 3.92. The Hall–Kier alpha value is -1.29. The van der Waals surface area contributed by atoms with Crippen LogP contribution >= 0.6 is 0 Å². The molecule has 1 aromatic rings. The molecule has 0 saturated heterocycles. The molecule has 1 aliphatic rings. The molecule has 15 heavy (non-hydrogen) atoms. The van der Waals surface area contributed by atoms with E-state index in [9.17, 15) is 5.11 Å². The van der Waals surface area contributed by atoms with Crippen molar-refractivity contribution in [3.63, 3.8) is 0 Å². The Morgan fingerprint density at radius 1 is 1.27 bits per heavy atom. The van der Waals surface area contributed by atoms with Crippen LogP contribution in [0.1, 0.15) is 18.4 Å². The van der Waals surface area contributed by atoms with Gasteiger partial charge in [-0.3, -0.25) is 4.98 Å². The Morgan fingerprint density at radius 3 is 2.20 bits per heavy atom. The van der Waals surface area contributed by atoms with Gasteiger partial charge in [0, 0.05) is 12.0 Å². The Morgan fingerprint density at radius 2 is 1.80 bits per heavy atom. The molecule has 0 unspecified atom stereocenters. The summed E-state index contributed by atoms with van der Waals surface area (Å²) >= 11 is 0. The van der Waals surface area contributed by atoms with E-state index in [2.05, 4.69) is 4.98 Å². The summed E-state index contributed by atoms with van der Waals surface area (Å²) in [5.74, 6) is 1.35. The van der Waals surface area contributed by atoms with Crippen LogP contribution in [-0.2, 0) is 6.42 Å². The largest absolute Gasteiger partial charge is 0.495 e. The number of nitrogens with zero attached hydrogens (tertiary/aromatic N) is 1. The predicted molar refractivity (Wildman–Crippen MR) is 55.2 cm³/mol. The molecule has 4 nitrogen and oxygen atoms in total. The molecule has 0 amide bonds. The molecule has 2 rings (SSSR count). The topological polar surface area (TPSA) is 51.6 Å². The number of aliphatic hydroxyl groups is 1. The molecule has 1 fully saturated rings. The van der Waals surface area contributed by atoms with E-state index in [1.54, 1.807) is 26.6 Å². The number of methoxy groups -OCH3 is 2. The maximum atomic E-state index is 9.89. The van der Waals surface area contributed by atoms with E-state index in [4.69, 9.17) is 9.47 Å². The van der Waals surface area contributed by atoms with Crippen LogP contribution < -0.4 is 9.47 Å². The SMILES string of the molecule is COc1cncc(OC)c1CC1(O)CC1. The minimum atomic E-state index is -0.554. The second-order valence-electron chi connectivity index (χ2n) is 3.92.